The van der Waals surface area contributed by atoms with Crippen LogP contribution < -0.4 is 0 Å². The van der Waals surface area contributed by atoms with Crippen LogP contribution in [0, 0.1) is 5.82 Å². The van der Waals surface area contributed by atoms with Crippen LogP contribution in [-0.4, -0.2) is 35.0 Å². The lowest BCUT2D eigenvalue weighted by atomic mass is 9.89. The molecule has 0 aliphatic carbocycles. The molecule has 1 saturated heterocycles. The number of halogens is 2. The summed E-state index contributed by atoms with van der Waals surface area (Å²) < 4.78 is 14.0. The van der Waals surface area contributed by atoms with E-state index in [-0.39, 0.29) is 22.1 Å². The number of hydrogen-bond acceptors (Lipinski definition) is 2. The quantitative estimate of drug-likeness (QED) is 0.891. The van der Waals surface area contributed by atoms with Crippen LogP contribution in [0.4, 0.5) is 4.39 Å². The smallest absolute Gasteiger partial charge is 0.335 e. The van der Waals surface area contributed by atoms with Crippen molar-refractivity contribution in [2.75, 3.05) is 13.1 Å². The minimum atomic E-state index is -0.983. The number of nitrogens with zero attached hydrogens (tertiary/aromatic N) is 1. The average molecular weight is 362 g/mol. The highest BCUT2D eigenvalue weighted by molar-refractivity contribution is 6.33. The number of benzene rings is 2. The van der Waals surface area contributed by atoms with E-state index < -0.39 is 17.7 Å². The van der Waals surface area contributed by atoms with Gasteiger partial charge in [-0.25, -0.2) is 9.18 Å². The van der Waals surface area contributed by atoms with E-state index in [1.54, 1.807) is 17.0 Å². The molecule has 0 radical (unpaired) electrons. The zero-order chi connectivity index (χ0) is 18.0. The first kappa shape index (κ1) is 17.4. The number of carboxylic acids is 1. The van der Waals surface area contributed by atoms with E-state index in [1.165, 1.54) is 24.3 Å². The van der Waals surface area contributed by atoms with Gasteiger partial charge in [0.15, 0.2) is 0 Å². The van der Waals surface area contributed by atoms with Crippen molar-refractivity contribution in [3.8, 4) is 0 Å². The van der Waals surface area contributed by atoms with E-state index in [2.05, 4.69) is 0 Å². The number of aromatic carboxylic acids is 1. The topological polar surface area (TPSA) is 57.6 Å². The molecule has 1 fully saturated rings. The summed E-state index contributed by atoms with van der Waals surface area (Å²) >= 11 is 6.00. The van der Waals surface area contributed by atoms with Crippen LogP contribution in [0.3, 0.4) is 0 Å². The molecule has 1 N–H and O–H groups in total. The van der Waals surface area contributed by atoms with Crippen LogP contribution in [0.1, 0.15) is 45.0 Å². The summed E-state index contributed by atoms with van der Waals surface area (Å²) in [5.74, 6) is -2.03. The minimum absolute atomic E-state index is 0.0162. The third-order valence-electron chi connectivity index (χ3n) is 4.49. The molecule has 0 aromatic heterocycles. The number of piperidine rings is 1. The molecule has 1 amide bonds. The third-order valence-corrected chi connectivity index (χ3v) is 4.81. The van der Waals surface area contributed by atoms with Crippen LogP contribution in [0.25, 0.3) is 0 Å². The van der Waals surface area contributed by atoms with Crippen molar-refractivity contribution in [1.29, 1.82) is 0 Å². The molecule has 4 nitrogen and oxygen atoms in total. The van der Waals surface area contributed by atoms with E-state index in [1.807, 2.05) is 6.07 Å². The van der Waals surface area contributed by atoms with Gasteiger partial charge in [-0.1, -0.05) is 29.8 Å². The molecule has 0 bridgehead atoms. The van der Waals surface area contributed by atoms with Gasteiger partial charge in [-0.2, -0.15) is 0 Å². The Bertz CT molecular complexity index is 804. The lowest BCUT2D eigenvalue weighted by Crippen LogP contribution is -2.39. The predicted molar refractivity (Wildman–Crippen MR) is 92.7 cm³/mol. The Kier molecular flexibility index (Phi) is 5.04. The van der Waals surface area contributed by atoms with Crippen molar-refractivity contribution in [1.82, 2.24) is 4.90 Å². The Hall–Kier alpha value is -2.40. The van der Waals surface area contributed by atoms with Gasteiger partial charge in [-0.05, 0) is 42.7 Å². The number of carboxylic acid groups (broad SMARTS) is 1. The van der Waals surface area contributed by atoms with Gasteiger partial charge in [0.25, 0.3) is 5.91 Å². The Balaban J connectivity index is 1.83. The van der Waals surface area contributed by atoms with Crippen LogP contribution in [-0.2, 0) is 0 Å². The molecule has 130 valence electrons. The molecular weight excluding hydrogens is 345 g/mol. The lowest BCUT2D eigenvalue weighted by molar-refractivity contribution is 0.0686. The standard InChI is InChI=1S/C19H17ClFNO3/c20-15-7-2-8-16(21)17(15)18(23)22-9-3-6-14(11-22)12-4-1-5-13(10-12)19(24)25/h1-2,4-5,7-8,10,14H,3,6,9,11H2,(H,24,25)/t14-/m1/s1. The molecule has 25 heavy (non-hydrogen) atoms. The molecule has 1 aliphatic rings. The largest absolute Gasteiger partial charge is 0.478 e. The highest BCUT2D eigenvalue weighted by Crippen LogP contribution is 2.30. The Morgan fingerprint density at radius 1 is 1.20 bits per heavy atom. The Morgan fingerprint density at radius 3 is 2.68 bits per heavy atom. The average Bonchev–Trinajstić information content (AvgIpc) is 2.61. The summed E-state index contributed by atoms with van der Waals surface area (Å²) in [6.07, 6.45) is 1.61. The van der Waals surface area contributed by atoms with Crippen LogP contribution in [0.2, 0.25) is 5.02 Å². The van der Waals surface area contributed by atoms with Crippen LogP contribution in [0.5, 0.6) is 0 Å². The molecule has 1 heterocycles. The maximum Gasteiger partial charge on any atom is 0.335 e. The second-order valence-corrected chi connectivity index (χ2v) is 6.52. The first-order valence-corrected chi connectivity index (χ1v) is 8.41. The summed E-state index contributed by atoms with van der Waals surface area (Å²) in [7, 11) is 0. The molecule has 0 saturated carbocycles. The van der Waals surface area contributed by atoms with E-state index in [0.29, 0.717) is 13.1 Å². The van der Waals surface area contributed by atoms with Gasteiger partial charge in [-0.3, -0.25) is 4.79 Å². The molecule has 3 rings (SSSR count). The molecular formula is C19H17ClFNO3. The molecule has 6 heteroatoms. The summed E-state index contributed by atoms with van der Waals surface area (Å²) in [5, 5.41) is 9.23. The van der Waals surface area contributed by atoms with Crippen molar-refractivity contribution in [2.24, 2.45) is 0 Å². The minimum Gasteiger partial charge on any atom is -0.478 e. The number of carbonyl (C=O) groups excluding carboxylic acids is 1. The lowest BCUT2D eigenvalue weighted by Gasteiger charge is -2.33. The van der Waals surface area contributed by atoms with E-state index in [0.717, 1.165) is 18.4 Å². The van der Waals surface area contributed by atoms with Crippen LogP contribution in [0.15, 0.2) is 42.5 Å². The highest BCUT2D eigenvalue weighted by Gasteiger charge is 2.28. The molecule has 1 atom stereocenters. The summed E-state index contributed by atoms with van der Waals surface area (Å²) in [6, 6.07) is 10.9. The maximum absolute atomic E-state index is 14.0. The fourth-order valence-electron chi connectivity index (χ4n) is 3.22. The SMILES string of the molecule is O=C(O)c1cccc([C@@H]2CCCN(C(=O)c3c(F)cccc3Cl)C2)c1. The zero-order valence-corrected chi connectivity index (χ0v) is 14.2. The number of hydrogen-bond donors (Lipinski definition) is 1. The molecule has 2 aromatic rings. The zero-order valence-electron chi connectivity index (χ0n) is 13.4. The van der Waals surface area contributed by atoms with Crippen molar-refractivity contribution in [3.05, 3.63) is 70.0 Å². The first-order valence-electron chi connectivity index (χ1n) is 8.04. The first-order chi connectivity index (χ1) is 12.0. The molecule has 0 spiro atoms. The Morgan fingerprint density at radius 2 is 1.96 bits per heavy atom. The van der Waals surface area contributed by atoms with Gasteiger partial charge in [-0.15, -0.1) is 0 Å². The van der Waals surface area contributed by atoms with E-state index >= 15 is 0 Å². The monoisotopic (exact) mass is 361 g/mol. The number of carbonyl (C=O) groups is 2. The van der Waals surface area contributed by atoms with Crippen molar-refractivity contribution < 1.29 is 19.1 Å². The van der Waals surface area contributed by atoms with Crippen LogP contribution >= 0.6 is 11.6 Å². The van der Waals surface area contributed by atoms with Gasteiger partial charge in [0.1, 0.15) is 5.82 Å². The molecule has 0 unspecified atom stereocenters. The summed E-state index contributed by atoms with van der Waals surface area (Å²) in [5.41, 5.74) is 0.985. The fourth-order valence-corrected chi connectivity index (χ4v) is 3.46. The van der Waals surface area contributed by atoms with Crippen molar-refractivity contribution in [3.63, 3.8) is 0 Å². The van der Waals surface area contributed by atoms with E-state index in [9.17, 15) is 14.0 Å². The van der Waals surface area contributed by atoms with Gasteiger partial charge in [0.05, 0.1) is 16.1 Å². The number of rotatable bonds is 3. The van der Waals surface area contributed by atoms with Gasteiger partial charge >= 0.3 is 5.97 Å². The predicted octanol–water partition coefficient (Wildman–Crippen LogP) is 4.20. The van der Waals surface area contributed by atoms with E-state index in [4.69, 9.17) is 16.7 Å². The molecule has 1 aliphatic heterocycles. The normalized spacial score (nSPS) is 17.4. The number of amides is 1. The number of likely N-dealkylation sites (tertiary alicyclic amines) is 1. The summed E-state index contributed by atoms with van der Waals surface area (Å²) in [6.45, 7) is 0.936. The van der Waals surface area contributed by atoms with Gasteiger partial charge in [0.2, 0.25) is 0 Å². The Labute approximate surface area is 149 Å². The fraction of sp³-hybridized carbons (Fsp3) is 0.263. The van der Waals surface area contributed by atoms with Crippen molar-refractivity contribution >= 4 is 23.5 Å². The third kappa shape index (κ3) is 3.66. The van der Waals surface area contributed by atoms with Gasteiger partial charge in [0, 0.05) is 19.0 Å². The molecule has 2 aromatic carbocycles. The van der Waals surface area contributed by atoms with Gasteiger partial charge < -0.3 is 10.0 Å². The summed E-state index contributed by atoms with van der Waals surface area (Å²) in [4.78, 5) is 25.4. The maximum atomic E-state index is 14.0. The second kappa shape index (κ2) is 7.23. The highest BCUT2D eigenvalue weighted by atomic mass is 35.5. The van der Waals surface area contributed by atoms with Crippen molar-refractivity contribution in [2.45, 2.75) is 18.8 Å². The second-order valence-electron chi connectivity index (χ2n) is 6.12.